The Balaban J connectivity index is 1.34. The zero-order valence-electron chi connectivity index (χ0n) is 15.5. The number of aromatic nitrogens is 3. The summed E-state index contributed by atoms with van der Waals surface area (Å²) in [5.41, 5.74) is 3.88. The van der Waals surface area contributed by atoms with Crippen molar-refractivity contribution in [1.29, 1.82) is 0 Å². The monoisotopic (exact) mass is 394 g/mol. The van der Waals surface area contributed by atoms with Crippen LogP contribution in [0.3, 0.4) is 0 Å². The molecule has 2 aliphatic rings. The van der Waals surface area contributed by atoms with Gasteiger partial charge in [-0.1, -0.05) is 0 Å². The highest BCUT2D eigenvalue weighted by molar-refractivity contribution is 7.90. The smallest absolute Gasteiger partial charge is 0.216 e. The fourth-order valence-electron chi connectivity index (χ4n) is 3.94. The highest BCUT2D eigenvalue weighted by atomic mass is 32.2. The summed E-state index contributed by atoms with van der Waals surface area (Å²) < 4.78 is 26.5. The largest absolute Gasteiger partial charge is 0.265 e. The Morgan fingerprint density at radius 2 is 1.68 bits per heavy atom. The second kappa shape index (κ2) is 6.90. The SMILES string of the molecule is O=S(=O)(C1CC1)N1CCC(c2ccc3cc(-c4ccncc4)cnc3n2)CC1. The van der Waals surface area contributed by atoms with Crippen LogP contribution in [0.15, 0.2) is 48.9 Å². The van der Waals surface area contributed by atoms with E-state index < -0.39 is 10.0 Å². The van der Waals surface area contributed by atoms with Crippen molar-refractivity contribution in [2.75, 3.05) is 13.1 Å². The first-order valence-corrected chi connectivity index (χ1v) is 11.3. The highest BCUT2D eigenvalue weighted by Crippen LogP contribution is 2.35. The zero-order valence-corrected chi connectivity index (χ0v) is 16.3. The molecule has 0 spiro atoms. The van der Waals surface area contributed by atoms with Crippen LogP contribution < -0.4 is 0 Å². The van der Waals surface area contributed by atoms with Gasteiger partial charge in [-0.05, 0) is 61.6 Å². The number of hydrogen-bond acceptors (Lipinski definition) is 5. The first kappa shape index (κ1) is 17.7. The molecule has 144 valence electrons. The number of rotatable bonds is 4. The fraction of sp³-hybridized carbons (Fsp3) is 0.381. The van der Waals surface area contributed by atoms with E-state index in [-0.39, 0.29) is 11.2 Å². The van der Waals surface area contributed by atoms with E-state index in [4.69, 9.17) is 4.98 Å². The van der Waals surface area contributed by atoms with Crippen molar-refractivity contribution < 1.29 is 8.42 Å². The van der Waals surface area contributed by atoms with Crippen LogP contribution >= 0.6 is 0 Å². The molecule has 0 N–H and O–H groups in total. The maximum absolute atomic E-state index is 12.4. The maximum atomic E-state index is 12.4. The molecule has 0 amide bonds. The van der Waals surface area contributed by atoms with Gasteiger partial charge in [-0.15, -0.1) is 0 Å². The predicted octanol–water partition coefficient (Wildman–Crippen LogP) is 3.36. The van der Waals surface area contributed by atoms with Crippen molar-refractivity contribution >= 4 is 21.1 Å². The Hall–Kier alpha value is -2.38. The average Bonchev–Trinajstić information content (AvgIpc) is 3.60. The summed E-state index contributed by atoms with van der Waals surface area (Å²) in [7, 11) is -3.06. The minimum absolute atomic E-state index is 0.123. The summed E-state index contributed by atoms with van der Waals surface area (Å²) in [6, 6.07) is 10.2. The molecule has 6 nitrogen and oxygen atoms in total. The minimum Gasteiger partial charge on any atom is -0.265 e. The standard InChI is InChI=1S/C21H22N4O2S/c26-28(27,19-2-3-19)25-11-7-16(8-12-25)20-4-1-17-13-18(14-23-21(17)24-20)15-5-9-22-10-6-15/h1,4-6,9-10,13-14,16,19H,2-3,7-8,11-12H2. The molecule has 3 aromatic heterocycles. The van der Waals surface area contributed by atoms with Crippen LogP contribution in [0.25, 0.3) is 22.2 Å². The highest BCUT2D eigenvalue weighted by Gasteiger charge is 2.41. The minimum atomic E-state index is -3.06. The second-order valence-corrected chi connectivity index (χ2v) is 9.87. The van der Waals surface area contributed by atoms with Gasteiger partial charge in [-0.2, -0.15) is 0 Å². The van der Waals surface area contributed by atoms with E-state index in [1.54, 1.807) is 16.7 Å². The van der Waals surface area contributed by atoms with Crippen molar-refractivity contribution in [3.8, 4) is 11.1 Å². The molecule has 3 aromatic rings. The van der Waals surface area contributed by atoms with E-state index in [0.717, 1.165) is 53.5 Å². The van der Waals surface area contributed by atoms with Crippen molar-refractivity contribution in [2.45, 2.75) is 36.9 Å². The molecule has 0 radical (unpaired) electrons. The molecular formula is C21H22N4O2S. The Morgan fingerprint density at radius 1 is 0.929 bits per heavy atom. The van der Waals surface area contributed by atoms with Crippen molar-refractivity contribution in [3.05, 3.63) is 54.6 Å². The molecule has 2 fully saturated rings. The van der Waals surface area contributed by atoms with Crippen molar-refractivity contribution in [3.63, 3.8) is 0 Å². The van der Waals surface area contributed by atoms with E-state index in [1.807, 2.05) is 18.3 Å². The van der Waals surface area contributed by atoms with Gasteiger partial charge in [0.05, 0.1) is 5.25 Å². The van der Waals surface area contributed by atoms with Gasteiger partial charge in [0.25, 0.3) is 0 Å². The van der Waals surface area contributed by atoms with Gasteiger partial charge < -0.3 is 0 Å². The average molecular weight is 395 g/mol. The Kier molecular flexibility index (Phi) is 4.36. The molecule has 5 rings (SSSR count). The Morgan fingerprint density at radius 3 is 2.39 bits per heavy atom. The third-order valence-electron chi connectivity index (χ3n) is 5.76. The molecule has 1 aliphatic carbocycles. The van der Waals surface area contributed by atoms with E-state index >= 15 is 0 Å². The molecule has 0 atom stereocenters. The third kappa shape index (κ3) is 3.29. The summed E-state index contributed by atoms with van der Waals surface area (Å²) in [6.07, 6.45) is 8.68. The van der Waals surface area contributed by atoms with Crippen LogP contribution in [0.4, 0.5) is 0 Å². The molecule has 1 aliphatic heterocycles. The molecular weight excluding hydrogens is 372 g/mol. The summed E-state index contributed by atoms with van der Waals surface area (Å²) in [4.78, 5) is 13.4. The van der Waals surface area contributed by atoms with Crippen LogP contribution in [-0.4, -0.2) is 46.0 Å². The molecule has 0 bridgehead atoms. The van der Waals surface area contributed by atoms with E-state index in [2.05, 4.69) is 28.2 Å². The quantitative estimate of drug-likeness (QED) is 0.678. The van der Waals surface area contributed by atoms with Crippen LogP contribution in [0.1, 0.15) is 37.3 Å². The van der Waals surface area contributed by atoms with Gasteiger partial charge in [0.1, 0.15) is 0 Å². The number of hydrogen-bond donors (Lipinski definition) is 0. The van der Waals surface area contributed by atoms with E-state index in [9.17, 15) is 8.42 Å². The normalized spacial score (nSPS) is 19.1. The summed E-state index contributed by atoms with van der Waals surface area (Å²) in [5, 5.41) is 0.883. The van der Waals surface area contributed by atoms with E-state index in [0.29, 0.717) is 13.1 Å². The lowest BCUT2D eigenvalue weighted by molar-refractivity contribution is 0.316. The number of pyridine rings is 3. The first-order valence-electron chi connectivity index (χ1n) is 9.77. The summed E-state index contributed by atoms with van der Waals surface area (Å²) >= 11 is 0. The lowest BCUT2D eigenvalue weighted by Crippen LogP contribution is -2.39. The lowest BCUT2D eigenvalue weighted by Gasteiger charge is -2.31. The van der Waals surface area contributed by atoms with Gasteiger partial charge in [0.15, 0.2) is 5.65 Å². The van der Waals surface area contributed by atoms with Gasteiger partial charge in [0.2, 0.25) is 10.0 Å². The zero-order chi connectivity index (χ0) is 19.1. The van der Waals surface area contributed by atoms with Gasteiger partial charge in [-0.25, -0.2) is 22.7 Å². The second-order valence-electron chi connectivity index (χ2n) is 7.66. The number of piperidine rings is 1. The van der Waals surface area contributed by atoms with Crippen LogP contribution in [0, 0.1) is 0 Å². The molecule has 1 saturated heterocycles. The Bertz CT molecular complexity index is 1110. The number of fused-ring (bicyclic) bond motifs is 1. The molecule has 7 heteroatoms. The molecule has 0 unspecified atom stereocenters. The molecule has 0 aromatic carbocycles. The van der Waals surface area contributed by atoms with Crippen LogP contribution in [-0.2, 0) is 10.0 Å². The van der Waals surface area contributed by atoms with Gasteiger partial charge in [-0.3, -0.25) is 4.98 Å². The summed E-state index contributed by atoms with van der Waals surface area (Å²) in [5.74, 6) is 0.289. The van der Waals surface area contributed by atoms with Gasteiger partial charge in [0, 0.05) is 54.2 Å². The van der Waals surface area contributed by atoms with Crippen molar-refractivity contribution in [1.82, 2.24) is 19.3 Å². The Labute approximate surface area is 164 Å². The lowest BCUT2D eigenvalue weighted by atomic mass is 9.94. The molecule has 28 heavy (non-hydrogen) atoms. The third-order valence-corrected chi connectivity index (χ3v) is 8.15. The van der Waals surface area contributed by atoms with E-state index in [1.165, 1.54) is 0 Å². The van der Waals surface area contributed by atoms with Crippen LogP contribution in [0.5, 0.6) is 0 Å². The fourth-order valence-corrected chi connectivity index (χ4v) is 5.81. The predicted molar refractivity (Wildman–Crippen MR) is 108 cm³/mol. The first-order chi connectivity index (χ1) is 13.6. The topological polar surface area (TPSA) is 76.1 Å². The van der Waals surface area contributed by atoms with Gasteiger partial charge >= 0.3 is 0 Å². The maximum Gasteiger partial charge on any atom is 0.216 e. The molecule has 4 heterocycles. The number of nitrogens with zero attached hydrogens (tertiary/aromatic N) is 4. The number of sulfonamides is 1. The molecule has 1 saturated carbocycles. The van der Waals surface area contributed by atoms with Crippen LogP contribution in [0.2, 0.25) is 0 Å². The summed E-state index contributed by atoms with van der Waals surface area (Å²) in [6.45, 7) is 1.19. The van der Waals surface area contributed by atoms with Crippen molar-refractivity contribution in [2.24, 2.45) is 0 Å².